The van der Waals surface area contributed by atoms with Crippen LogP contribution in [-0.2, 0) is 9.53 Å². The van der Waals surface area contributed by atoms with Crippen LogP contribution in [0.15, 0.2) is 30.6 Å². The number of nitrogens with zero attached hydrogens (tertiary/aromatic N) is 1. The normalized spacial score (nSPS) is 10.7. The van der Waals surface area contributed by atoms with E-state index in [1.807, 2.05) is 0 Å². The first-order chi connectivity index (χ1) is 10.5. The molecule has 0 aromatic carbocycles. The standard InChI is InChI=1S/C14H16F2N2O4/c1-21-13(19)4-2-3-5-18-14(20)10-6-11(8-17-7-10)22-9-12(15)16/h2,4,6-8,12H,3,5,9H2,1H3,(H,18,20)/b4-2+. The van der Waals surface area contributed by atoms with Gasteiger partial charge in [0.2, 0.25) is 0 Å². The number of ether oxygens (including phenoxy) is 2. The lowest BCUT2D eigenvalue weighted by atomic mass is 10.2. The van der Waals surface area contributed by atoms with Gasteiger partial charge in [-0.05, 0) is 12.5 Å². The zero-order valence-corrected chi connectivity index (χ0v) is 11.9. The number of carbonyl (C=O) groups excluding carboxylic acids is 2. The topological polar surface area (TPSA) is 77.5 Å². The summed E-state index contributed by atoms with van der Waals surface area (Å²) in [6, 6.07) is 1.33. The van der Waals surface area contributed by atoms with Crippen molar-refractivity contribution in [2.75, 3.05) is 20.3 Å². The number of esters is 1. The number of aromatic nitrogens is 1. The van der Waals surface area contributed by atoms with E-state index in [4.69, 9.17) is 4.74 Å². The number of alkyl halides is 2. The van der Waals surface area contributed by atoms with Crippen LogP contribution in [0.4, 0.5) is 8.78 Å². The lowest BCUT2D eigenvalue weighted by Crippen LogP contribution is -2.24. The molecule has 0 atom stereocenters. The fourth-order valence-corrected chi connectivity index (χ4v) is 1.40. The summed E-state index contributed by atoms with van der Waals surface area (Å²) in [7, 11) is 1.27. The van der Waals surface area contributed by atoms with Crippen molar-refractivity contribution in [2.24, 2.45) is 0 Å². The summed E-state index contributed by atoms with van der Waals surface area (Å²) in [5.74, 6) is -0.792. The summed E-state index contributed by atoms with van der Waals surface area (Å²) in [5, 5.41) is 2.60. The number of rotatable bonds is 8. The van der Waals surface area contributed by atoms with Gasteiger partial charge in [0.25, 0.3) is 12.3 Å². The second kappa shape index (κ2) is 9.43. The highest BCUT2D eigenvalue weighted by molar-refractivity contribution is 5.94. The van der Waals surface area contributed by atoms with Crippen molar-refractivity contribution in [2.45, 2.75) is 12.8 Å². The molecule has 0 unspecified atom stereocenters. The average molecular weight is 314 g/mol. The van der Waals surface area contributed by atoms with Crippen molar-refractivity contribution in [3.05, 3.63) is 36.2 Å². The van der Waals surface area contributed by atoms with Crippen molar-refractivity contribution in [1.82, 2.24) is 10.3 Å². The van der Waals surface area contributed by atoms with Crippen molar-refractivity contribution >= 4 is 11.9 Å². The van der Waals surface area contributed by atoms with E-state index >= 15 is 0 Å². The van der Waals surface area contributed by atoms with Gasteiger partial charge < -0.3 is 14.8 Å². The largest absolute Gasteiger partial charge is 0.486 e. The lowest BCUT2D eigenvalue weighted by molar-refractivity contribution is -0.134. The number of hydrogen-bond acceptors (Lipinski definition) is 5. The monoisotopic (exact) mass is 314 g/mol. The number of amides is 1. The molecule has 1 amide bonds. The highest BCUT2D eigenvalue weighted by atomic mass is 19.3. The Morgan fingerprint density at radius 3 is 2.86 bits per heavy atom. The van der Waals surface area contributed by atoms with Gasteiger partial charge in [-0.15, -0.1) is 0 Å². The Morgan fingerprint density at radius 1 is 1.41 bits per heavy atom. The van der Waals surface area contributed by atoms with Gasteiger partial charge in [0.15, 0.2) is 0 Å². The minimum absolute atomic E-state index is 0.0959. The highest BCUT2D eigenvalue weighted by Gasteiger charge is 2.08. The summed E-state index contributed by atoms with van der Waals surface area (Å²) < 4.78 is 33.3. The molecule has 0 bridgehead atoms. The number of carbonyl (C=O) groups is 2. The van der Waals surface area contributed by atoms with Gasteiger partial charge in [0, 0.05) is 18.8 Å². The van der Waals surface area contributed by atoms with Crippen molar-refractivity contribution < 1.29 is 27.8 Å². The van der Waals surface area contributed by atoms with Crippen LogP contribution < -0.4 is 10.1 Å². The first-order valence-corrected chi connectivity index (χ1v) is 6.41. The summed E-state index contributed by atoms with van der Waals surface area (Å²) in [6.07, 6.45) is 3.21. The molecule has 0 saturated heterocycles. The van der Waals surface area contributed by atoms with E-state index in [0.717, 1.165) is 0 Å². The predicted molar refractivity (Wildman–Crippen MR) is 73.8 cm³/mol. The molecule has 0 aliphatic rings. The number of hydrogen-bond donors (Lipinski definition) is 1. The van der Waals surface area contributed by atoms with Crippen LogP contribution in [0.25, 0.3) is 0 Å². The SMILES string of the molecule is COC(=O)/C=C/CCNC(=O)c1cncc(OCC(F)F)c1. The second-order valence-electron chi connectivity index (χ2n) is 4.08. The summed E-state index contributed by atoms with van der Waals surface area (Å²) >= 11 is 0. The Hall–Kier alpha value is -2.51. The molecule has 1 N–H and O–H groups in total. The Balaban J connectivity index is 2.43. The maximum absolute atomic E-state index is 12.0. The van der Waals surface area contributed by atoms with E-state index in [9.17, 15) is 18.4 Å². The van der Waals surface area contributed by atoms with Crippen LogP contribution in [0, 0.1) is 0 Å². The number of pyridine rings is 1. The minimum Gasteiger partial charge on any atom is -0.486 e. The molecule has 0 saturated carbocycles. The van der Waals surface area contributed by atoms with Crippen LogP contribution >= 0.6 is 0 Å². The molecule has 120 valence electrons. The molecule has 1 aromatic heterocycles. The van der Waals surface area contributed by atoms with Gasteiger partial charge >= 0.3 is 5.97 Å². The molecule has 1 heterocycles. The smallest absolute Gasteiger partial charge is 0.330 e. The minimum atomic E-state index is -2.60. The van der Waals surface area contributed by atoms with Gasteiger partial charge in [0.05, 0.1) is 18.9 Å². The van der Waals surface area contributed by atoms with Crippen LogP contribution in [0.5, 0.6) is 5.75 Å². The molecule has 0 aliphatic heterocycles. The zero-order chi connectivity index (χ0) is 16.4. The lowest BCUT2D eigenvalue weighted by Gasteiger charge is -2.07. The first kappa shape index (κ1) is 17.5. The summed E-state index contributed by atoms with van der Waals surface area (Å²) in [5.41, 5.74) is 0.198. The molecule has 0 aliphatic carbocycles. The molecule has 0 spiro atoms. The van der Waals surface area contributed by atoms with Gasteiger partial charge in [0.1, 0.15) is 12.4 Å². The van der Waals surface area contributed by atoms with Crippen LogP contribution in [0.3, 0.4) is 0 Å². The third-order valence-corrected chi connectivity index (χ3v) is 2.40. The van der Waals surface area contributed by atoms with Gasteiger partial charge in [-0.2, -0.15) is 0 Å². The van der Waals surface area contributed by atoms with E-state index in [1.54, 1.807) is 6.08 Å². The quantitative estimate of drug-likeness (QED) is 0.448. The van der Waals surface area contributed by atoms with E-state index < -0.39 is 24.9 Å². The molecule has 8 heteroatoms. The first-order valence-electron chi connectivity index (χ1n) is 6.41. The average Bonchev–Trinajstić information content (AvgIpc) is 2.52. The maximum Gasteiger partial charge on any atom is 0.330 e. The highest BCUT2D eigenvalue weighted by Crippen LogP contribution is 2.12. The van der Waals surface area contributed by atoms with E-state index in [1.165, 1.54) is 31.6 Å². The fraction of sp³-hybridized carbons (Fsp3) is 0.357. The third kappa shape index (κ3) is 6.78. The van der Waals surface area contributed by atoms with E-state index in [0.29, 0.717) is 13.0 Å². The second-order valence-corrected chi connectivity index (χ2v) is 4.08. The van der Waals surface area contributed by atoms with Gasteiger partial charge in [-0.1, -0.05) is 6.08 Å². The molecule has 6 nitrogen and oxygen atoms in total. The van der Waals surface area contributed by atoms with Crippen LogP contribution in [0.2, 0.25) is 0 Å². The van der Waals surface area contributed by atoms with Crippen molar-refractivity contribution in [1.29, 1.82) is 0 Å². The number of nitrogens with one attached hydrogen (secondary N) is 1. The van der Waals surface area contributed by atoms with Gasteiger partial charge in [-0.3, -0.25) is 9.78 Å². The Morgan fingerprint density at radius 2 is 2.18 bits per heavy atom. The van der Waals surface area contributed by atoms with Crippen molar-refractivity contribution in [3.8, 4) is 5.75 Å². The van der Waals surface area contributed by atoms with E-state index in [2.05, 4.69) is 15.0 Å². The number of halogens is 2. The third-order valence-electron chi connectivity index (χ3n) is 2.40. The summed E-state index contributed by atoms with van der Waals surface area (Å²) in [6.45, 7) is -0.459. The van der Waals surface area contributed by atoms with E-state index in [-0.39, 0.29) is 11.3 Å². The van der Waals surface area contributed by atoms with Gasteiger partial charge in [-0.25, -0.2) is 13.6 Å². The predicted octanol–water partition coefficient (Wildman–Crippen LogP) is 1.57. The van der Waals surface area contributed by atoms with Crippen LogP contribution in [0.1, 0.15) is 16.8 Å². The zero-order valence-electron chi connectivity index (χ0n) is 11.9. The Kier molecular flexibility index (Phi) is 7.52. The molecule has 0 fully saturated rings. The van der Waals surface area contributed by atoms with Crippen LogP contribution in [-0.4, -0.2) is 43.5 Å². The molecule has 0 radical (unpaired) electrons. The van der Waals surface area contributed by atoms with Crippen molar-refractivity contribution in [3.63, 3.8) is 0 Å². The Labute approximate surface area is 126 Å². The maximum atomic E-state index is 12.0. The molecular formula is C14H16F2N2O4. The Bertz CT molecular complexity index is 535. The number of methoxy groups -OCH3 is 1. The molecular weight excluding hydrogens is 298 g/mol. The fourth-order valence-electron chi connectivity index (χ4n) is 1.40. The molecule has 1 aromatic rings. The summed E-state index contributed by atoms with van der Waals surface area (Å²) in [4.78, 5) is 26.4. The molecule has 22 heavy (non-hydrogen) atoms. The molecule has 1 rings (SSSR count).